The van der Waals surface area contributed by atoms with E-state index in [1.54, 1.807) is 4.90 Å². The van der Waals surface area contributed by atoms with Crippen molar-refractivity contribution in [3.63, 3.8) is 0 Å². The van der Waals surface area contributed by atoms with E-state index in [1.807, 2.05) is 133 Å². The summed E-state index contributed by atoms with van der Waals surface area (Å²) in [7, 11) is 0. The molecule has 0 bridgehead atoms. The summed E-state index contributed by atoms with van der Waals surface area (Å²) in [4.78, 5) is 6.84. The number of oxazole rings is 1. The number of aromatic nitrogens is 1. The van der Waals surface area contributed by atoms with Crippen molar-refractivity contribution < 1.29 is 21.2 Å². The molecule has 0 aliphatic heterocycles. The third-order valence-electron chi connectivity index (χ3n) is 12.5. The fraction of sp³-hybridized carbons (Fsp3) is 0.0167. The first-order chi connectivity index (χ1) is 35.5. The van der Waals surface area contributed by atoms with Crippen LogP contribution in [-0.4, -0.2) is 4.98 Å². The van der Waals surface area contributed by atoms with E-state index in [4.69, 9.17) is 20.7 Å². The molecule has 0 radical (unpaired) electrons. The molecule has 0 unspecified atom stereocenters. The number of rotatable bonds is 7. The van der Waals surface area contributed by atoms with E-state index in [-0.39, 0.29) is 11.6 Å². The van der Waals surface area contributed by atoms with Gasteiger partial charge in [0.05, 0.1) is 34.4 Å². The van der Waals surface area contributed by atoms with Crippen LogP contribution in [0.3, 0.4) is 0 Å². The largest absolute Gasteiger partial charge is 0.455 e. The van der Waals surface area contributed by atoms with Gasteiger partial charge in [0, 0.05) is 27.5 Å². The van der Waals surface area contributed by atoms with E-state index >= 15 is 0 Å². The molecular weight excluding hydrogens is 781 g/mol. The Hall–Kier alpha value is -8.47. The van der Waals surface area contributed by atoms with Crippen molar-refractivity contribution in [1.29, 1.82) is 0 Å². The third-order valence-corrected chi connectivity index (χ3v) is 12.5. The number of hydrogen-bond acceptors (Lipinski definition) is 4. The highest BCUT2D eigenvalue weighted by Gasteiger charge is 2.46. The molecule has 64 heavy (non-hydrogen) atoms. The highest BCUT2D eigenvalue weighted by molar-refractivity contribution is 6.27. The molecule has 4 heteroatoms. The van der Waals surface area contributed by atoms with Crippen molar-refractivity contribution in [1.82, 2.24) is 4.98 Å². The fourth-order valence-corrected chi connectivity index (χ4v) is 9.91. The summed E-state index contributed by atoms with van der Waals surface area (Å²) in [5.74, 6) is 0.231. The van der Waals surface area contributed by atoms with Gasteiger partial charge in [-0.25, -0.2) is 4.98 Å². The molecule has 0 N–H and O–H groups in total. The van der Waals surface area contributed by atoms with Crippen LogP contribution >= 0.6 is 0 Å². The molecule has 2 heterocycles. The average molecular weight is 828 g/mol. The van der Waals surface area contributed by atoms with Crippen molar-refractivity contribution in [2.24, 2.45) is 0 Å². The highest BCUT2D eigenvalue weighted by Crippen LogP contribution is 2.58. The van der Waals surface area contributed by atoms with E-state index in [9.17, 15) is 5.48 Å². The van der Waals surface area contributed by atoms with Crippen molar-refractivity contribution in [2.75, 3.05) is 4.90 Å². The van der Waals surface area contributed by atoms with Gasteiger partial charge >= 0.3 is 0 Å². The van der Waals surface area contributed by atoms with Crippen molar-refractivity contribution in [3.8, 4) is 33.7 Å². The molecule has 10 aromatic carbocycles. The Kier molecular flexibility index (Phi) is 6.30. The molecule has 13 rings (SSSR count). The molecule has 300 valence electrons. The summed E-state index contributed by atoms with van der Waals surface area (Å²) >= 11 is 0. The van der Waals surface area contributed by atoms with E-state index in [0.29, 0.717) is 55.4 Å². The summed E-state index contributed by atoms with van der Waals surface area (Å²) in [5, 5.41) is 2.70. The number of hydrogen-bond donors (Lipinski definition) is 0. The minimum Gasteiger partial charge on any atom is -0.455 e. The number of nitrogens with zero attached hydrogens (tertiary/aromatic N) is 2. The van der Waals surface area contributed by atoms with Gasteiger partial charge in [-0.1, -0.05) is 188 Å². The second-order valence-corrected chi connectivity index (χ2v) is 15.9. The van der Waals surface area contributed by atoms with Gasteiger partial charge in [0.2, 0.25) is 5.89 Å². The number of anilines is 3. The Morgan fingerprint density at radius 2 is 1.08 bits per heavy atom. The maximum Gasteiger partial charge on any atom is 0.230 e. The zero-order chi connectivity index (χ0) is 50.0. The standard InChI is InChI=1S/C60H38N2O2/c1-4-18-39(19-5-1)40-32-34-43(35-33-40)62(44-36-37-51-49(38-44)45-24-12-14-28-50(45)60(51,41-20-6-2-7-21-41)42-22-8-3-9-23-42)57-55-48-27-13-16-30-53(48)63-58(55)47-26-11-10-25-46(47)56(57)59-61-52-29-15-17-31-54(52)64-59/h1-38H/i1D,4D,5D,18D,19D,32D,33D,34D,35D. The molecule has 12 aromatic rings. The summed E-state index contributed by atoms with van der Waals surface area (Å²) in [5.41, 5.74) is 7.70. The number of fused-ring (bicyclic) bond motifs is 9. The Balaban J connectivity index is 1.21. The van der Waals surface area contributed by atoms with Gasteiger partial charge in [-0.2, -0.15) is 0 Å². The maximum atomic E-state index is 10.1. The molecular formula is C60H38N2O2. The van der Waals surface area contributed by atoms with Crippen LogP contribution in [0.5, 0.6) is 0 Å². The first kappa shape index (κ1) is 28.2. The predicted molar refractivity (Wildman–Crippen MR) is 262 cm³/mol. The molecule has 0 spiro atoms. The maximum absolute atomic E-state index is 10.1. The summed E-state index contributed by atoms with van der Waals surface area (Å²) in [6.07, 6.45) is 0. The SMILES string of the molecule is [2H]c1c([2H])c([2H])c(-c2c([2H])c([2H])c(N(c3ccc4c(c3)-c3ccccc3C4(c3ccccc3)c3ccccc3)c3c(-c4nc5ccccc5o4)c4ccccc4c4oc5ccccc5c34)c([2H])c2[2H])c([2H])c1[2H]. The van der Waals surface area contributed by atoms with Crippen molar-refractivity contribution in [2.45, 2.75) is 5.41 Å². The van der Waals surface area contributed by atoms with E-state index < -0.39 is 70.9 Å². The van der Waals surface area contributed by atoms with Crippen LogP contribution in [0.2, 0.25) is 0 Å². The third kappa shape index (κ3) is 5.33. The Bertz CT molecular complexity index is 4160. The lowest BCUT2D eigenvalue weighted by Crippen LogP contribution is -2.28. The van der Waals surface area contributed by atoms with Gasteiger partial charge in [-0.05, 0) is 86.9 Å². The van der Waals surface area contributed by atoms with Crippen LogP contribution in [0.1, 0.15) is 34.6 Å². The molecule has 0 fully saturated rings. The number of para-hydroxylation sites is 3. The van der Waals surface area contributed by atoms with E-state index in [2.05, 4.69) is 42.5 Å². The van der Waals surface area contributed by atoms with Crippen LogP contribution in [0.25, 0.3) is 77.5 Å². The molecule has 0 saturated carbocycles. The molecule has 1 aliphatic rings. The van der Waals surface area contributed by atoms with Crippen LogP contribution in [-0.2, 0) is 5.41 Å². The molecule has 0 atom stereocenters. The summed E-state index contributed by atoms with van der Waals surface area (Å²) in [6.45, 7) is 0. The average Bonchev–Trinajstić information content (AvgIpc) is 4.13. The lowest BCUT2D eigenvalue weighted by Gasteiger charge is -2.34. The number of furan rings is 1. The van der Waals surface area contributed by atoms with Gasteiger partial charge < -0.3 is 13.7 Å². The van der Waals surface area contributed by atoms with Gasteiger partial charge in [0.15, 0.2) is 5.58 Å². The molecule has 0 saturated heterocycles. The molecule has 4 nitrogen and oxygen atoms in total. The van der Waals surface area contributed by atoms with Crippen LogP contribution < -0.4 is 4.90 Å². The van der Waals surface area contributed by atoms with Crippen LogP contribution in [0.4, 0.5) is 17.1 Å². The summed E-state index contributed by atoms with van der Waals surface area (Å²) in [6, 6.07) is 52.4. The van der Waals surface area contributed by atoms with Gasteiger partial charge in [-0.3, -0.25) is 0 Å². The first-order valence-corrected chi connectivity index (χ1v) is 21.1. The lowest BCUT2D eigenvalue weighted by atomic mass is 9.68. The Labute approximate surface area is 382 Å². The smallest absolute Gasteiger partial charge is 0.230 e. The lowest BCUT2D eigenvalue weighted by molar-refractivity contribution is 0.621. The zero-order valence-corrected chi connectivity index (χ0v) is 34.0. The second-order valence-electron chi connectivity index (χ2n) is 15.9. The minimum atomic E-state index is -0.770. The van der Waals surface area contributed by atoms with E-state index in [1.165, 1.54) is 0 Å². The van der Waals surface area contributed by atoms with Crippen LogP contribution in [0.15, 0.2) is 239 Å². The van der Waals surface area contributed by atoms with E-state index in [0.717, 1.165) is 38.8 Å². The monoisotopic (exact) mass is 827 g/mol. The second kappa shape index (κ2) is 14.3. The first-order valence-electron chi connectivity index (χ1n) is 25.6. The molecule has 1 aliphatic carbocycles. The summed E-state index contributed by atoms with van der Waals surface area (Å²) < 4.78 is 96.4. The van der Waals surface area contributed by atoms with Crippen molar-refractivity contribution >= 4 is 60.9 Å². The Morgan fingerprint density at radius 3 is 1.83 bits per heavy atom. The quantitative estimate of drug-likeness (QED) is 0.160. The Morgan fingerprint density at radius 1 is 0.469 bits per heavy atom. The van der Waals surface area contributed by atoms with Crippen LogP contribution in [0, 0.1) is 0 Å². The zero-order valence-electron chi connectivity index (χ0n) is 43.0. The topological polar surface area (TPSA) is 42.4 Å². The normalized spacial score (nSPS) is 14.8. The minimum absolute atomic E-state index is 0.172. The molecule has 0 amide bonds. The number of benzene rings is 10. The predicted octanol–water partition coefficient (Wildman–Crippen LogP) is 16.0. The fourth-order valence-electron chi connectivity index (χ4n) is 9.91. The highest BCUT2D eigenvalue weighted by atomic mass is 16.3. The van der Waals surface area contributed by atoms with Gasteiger partial charge in [0.25, 0.3) is 0 Å². The van der Waals surface area contributed by atoms with Crippen molar-refractivity contribution in [3.05, 3.63) is 253 Å². The van der Waals surface area contributed by atoms with Gasteiger partial charge in [-0.15, -0.1) is 0 Å². The molecule has 2 aromatic heterocycles. The van der Waals surface area contributed by atoms with Gasteiger partial charge in [0.1, 0.15) is 16.7 Å².